The first-order valence-electron chi connectivity index (χ1n) is 6.75. The summed E-state index contributed by atoms with van der Waals surface area (Å²) in [4.78, 5) is 12.5. The summed E-state index contributed by atoms with van der Waals surface area (Å²) in [6.45, 7) is 1.81. The Morgan fingerprint density at radius 3 is 1.71 bits per heavy atom. The van der Waals surface area contributed by atoms with Crippen molar-refractivity contribution in [3.63, 3.8) is 0 Å². The molecular weight excluding hydrogens is 274 g/mol. The highest BCUT2D eigenvalue weighted by Crippen LogP contribution is 2.43. The van der Waals surface area contributed by atoms with E-state index in [4.69, 9.17) is 4.74 Å². The second kappa shape index (κ2) is 4.95. The number of carbonyl (C=O) groups is 1. The van der Waals surface area contributed by atoms with Gasteiger partial charge < -0.3 is 4.74 Å². The van der Waals surface area contributed by atoms with E-state index in [1.54, 1.807) is 24.3 Å². The van der Waals surface area contributed by atoms with Crippen LogP contribution in [-0.2, 0) is 14.9 Å². The number of carbonyl (C=O) groups excluding carboxylic acids is 1. The SMILES string of the molecule is CC1CC(c2ccc(F)cc2)(c2ccc(F)cc2)C(=O)O1. The van der Waals surface area contributed by atoms with Gasteiger partial charge >= 0.3 is 5.97 Å². The molecule has 0 aliphatic carbocycles. The molecule has 1 atom stereocenters. The van der Waals surface area contributed by atoms with Gasteiger partial charge in [0.15, 0.2) is 0 Å². The van der Waals surface area contributed by atoms with E-state index >= 15 is 0 Å². The largest absolute Gasteiger partial charge is 0.462 e. The lowest BCUT2D eigenvalue weighted by atomic mass is 9.72. The van der Waals surface area contributed by atoms with Crippen LogP contribution in [0.4, 0.5) is 8.78 Å². The summed E-state index contributed by atoms with van der Waals surface area (Å²) in [5.74, 6) is -1.12. The highest BCUT2D eigenvalue weighted by molar-refractivity contribution is 5.89. The number of rotatable bonds is 2. The number of hydrogen-bond donors (Lipinski definition) is 0. The van der Waals surface area contributed by atoms with Crippen molar-refractivity contribution in [3.8, 4) is 0 Å². The zero-order valence-corrected chi connectivity index (χ0v) is 11.5. The topological polar surface area (TPSA) is 26.3 Å². The average molecular weight is 288 g/mol. The van der Waals surface area contributed by atoms with Crippen LogP contribution < -0.4 is 0 Å². The van der Waals surface area contributed by atoms with Gasteiger partial charge in [0.2, 0.25) is 0 Å². The van der Waals surface area contributed by atoms with Gasteiger partial charge in [-0.3, -0.25) is 4.79 Å². The molecule has 1 aliphatic rings. The molecule has 1 saturated heterocycles. The van der Waals surface area contributed by atoms with E-state index in [-0.39, 0.29) is 23.7 Å². The Bertz CT molecular complexity index is 617. The molecule has 2 aromatic rings. The molecule has 2 aromatic carbocycles. The third-order valence-corrected chi connectivity index (χ3v) is 3.92. The lowest BCUT2D eigenvalue weighted by molar-refractivity contribution is -0.144. The Morgan fingerprint density at radius 2 is 1.38 bits per heavy atom. The Morgan fingerprint density at radius 1 is 0.952 bits per heavy atom. The van der Waals surface area contributed by atoms with E-state index in [1.807, 2.05) is 6.92 Å². The van der Waals surface area contributed by atoms with Crippen molar-refractivity contribution in [1.29, 1.82) is 0 Å². The third-order valence-electron chi connectivity index (χ3n) is 3.92. The molecule has 0 saturated carbocycles. The molecule has 0 amide bonds. The van der Waals surface area contributed by atoms with Gasteiger partial charge in [0, 0.05) is 6.42 Å². The zero-order valence-electron chi connectivity index (χ0n) is 11.5. The van der Waals surface area contributed by atoms with E-state index in [9.17, 15) is 13.6 Å². The fraction of sp³-hybridized carbons (Fsp3) is 0.235. The van der Waals surface area contributed by atoms with Crippen LogP contribution in [0.25, 0.3) is 0 Å². The molecule has 0 N–H and O–H groups in total. The van der Waals surface area contributed by atoms with E-state index in [0.29, 0.717) is 17.5 Å². The number of cyclic esters (lactones) is 1. The maximum absolute atomic E-state index is 13.2. The number of benzene rings is 2. The molecule has 0 spiro atoms. The quantitative estimate of drug-likeness (QED) is 0.789. The smallest absolute Gasteiger partial charge is 0.321 e. The molecule has 108 valence electrons. The number of ether oxygens (including phenoxy) is 1. The number of halogens is 2. The molecular formula is C17H14F2O2. The van der Waals surface area contributed by atoms with Crippen molar-refractivity contribution < 1.29 is 18.3 Å². The Labute approximate surface area is 121 Å². The molecule has 1 fully saturated rings. The maximum Gasteiger partial charge on any atom is 0.321 e. The van der Waals surface area contributed by atoms with Gasteiger partial charge in [-0.05, 0) is 42.3 Å². The van der Waals surface area contributed by atoms with Gasteiger partial charge in [0.25, 0.3) is 0 Å². The molecule has 1 unspecified atom stereocenters. The second-order valence-corrected chi connectivity index (χ2v) is 5.34. The predicted molar refractivity (Wildman–Crippen MR) is 73.8 cm³/mol. The molecule has 1 heterocycles. The van der Waals surface area contributed by atoms with Crippen molar-refractivity contribution in [2.24, 2.45) is 0 Å². The zero-order chi connectivity index (χ0) is 15.0. The number of hydrogen-bond acceptors (Lipinski definition) is 2. The van der Waals surface area contributed by atoms with Crippen LogP contribution >= 0.6 is 0 Å². The van der Waals surface area contributed by atoms with E-state index in [1.165, 1.54) is 24.3 Å². The second-order valence-electron chi connectivity index (χ2n) is 5.34. The Balaban J connectivity index is 2.18. The van der Waals surface area contributed by atoms with Crippen LogP contribution in [-0.4, -0.2) is 12.1 Å². The average Bonchev–Trinajstić information content (AvgIpc) is 2.76. The van der Waals surface area contributed by atoms with Crippen LogP contribution in [0.3, 0.4) is 0 Å². The highest BCUT2D eigenvalue weighted by atomic mass is 19.1. The molecule has 21 heavy (non-hydrogen) atoms. The van der Waals surface area contributed by atoms with Crippen molar-refractivity contribution in [1.82, 2.24) is 0 Å². The predicted octanol–water partition coefficient (Wildman–Crippen LogP) is 3.59. The minimum atomic E-state index is -0.999. The summed E-state index contributed by atoms with van der Waals surface area (Å²) >= 11 is 0. The van der Waals surface area contributed by atoms with Gasteiger partial charge in [-0.1, -0.05) is 24.3 Å². The van der Waals surface area contributed by atoms with Crippen LogP contribution in [0.15, 0.2) is 48.5 Å². The lowest BCUT2D eigenvalue weighted by Crippen LogP contribution is -2.33. The number of esters is 1. The molecule has 3 rings (SSSR count). The van der Waals surface area contributed by atoms with Crippen molar-refractivity contribution in [2.45, 2.75) is 24.9 Å². The fourth-order valence-corrected chi connectivity index (χ4v) is 2.95. The first kappa shape index (κ1) is 13.7. The normalized spacial score (nSPS) is 20.3. The minimum absolute atomic E-state index is 0.243. The van der Waals surface area contributed by atoms with Gasteiger partial charge in [-0.25, -0.2) is 8.78 Å². The van der Waals surface area contributed by atoms with E-state index < -0.39 is 5.41 Å². The highest BCUT2D eigenvalue weighted by Gasteiger charge is 2.50. The third kappa shape index (κ3) is 2.20. The van der Waals surface area contributed by atoms with Crippen molar-refractivity contribution in [2.75, 3.05) is 0 Å². The summed E-state index contributed by atoms with van der Waals surface area (Å²) in [5.41, 5.74) is 0.315. The van der Waals surface area contributed by atoms with E-state index in [2.05, 4.69) is 0 Å². The summed E-state index contributed by atoms with van der Waals surface area (Å²) in [6, 6.07) is 11.6. The summed E-state index contributed by atoms with van der Waals surface area (Å²) < 4.78 is 31.6. The van der Waals surface area contributed by atoms with Crippen LogP contribution in [0.2, 0.25) is 0 Å². The van der Waals surface area contributed by atoms with Gasteiger partial charge in [-0.15, -0.1) is 0 Å². The summed E-state index contributed by atoms with van der Waals surface area (Å²) in [6.07, 6.45) is 0.205. The Hall–Kier alpha value is -2.23. The Kier molecular flexibility index (Phi) is 3.24. The van der Waals surface area contributed by atoms with E-state index in [0.717, 1.165) is 0 Å². The first-order chi connectivity index (χ1) is 10.0. The molecule has 0 radical (unpaired) electrons. The van der Waals surface area contributed by atoms with Crippen LogP contribution in [0, 0.1) is 11.6 Å². The van der Waals surface area contributed by atoms with Crippen molar-refractivity contribution >= 4 is 5.97 Å². The monoisotopic (exact) mass is 288 g/mol. The molecule has 0 bridgehead atoms. The lowest BCUT2D eigenvalue weighted by Gasteiger charge is -2.26. The van der Waals surface area contributed by atoms with Gasteiger partial charge in [0.1, 0.15) is 23.2 Å². The van der Waals surface area contributed by atoms with Crippen molar-refractivity contribution in [3.05, 3.63) is 71.3 Å². The first-order valence-corrected chi connectivity index (χ1v) is 6.75. The molecule has 0 aromatic heterocycles. The fourth-order valence-electron chi connectivity index (χ4n) is 2.95. The molecule has 4 heteroatoms. The minimum Gasteiger partial charge on any atom is -0.462 e. The van der Waals surface area contributed by atoms with Crippen LogP contribution in [0.5, 0.6) is 0 Å². The summed E-state index contributed by atoms with van der Waals surface area (Å²) in [5, 5.41) is 0. The molecule has 2 nitrogen and oxygen atoms in total. The standard InChI is InChI=1S/C17H14F2O2/c1-11-10-17(16(20)21-11,12-2-6-14(18)7-3-12)13-4-8-15(19)9-5-13/h2-9,11H,10H2,1H3. The summed E-state index contributed by atoms with van der Waals surface area (Å²) in [7, 11) is 0. The molecule has 1 aliphatic heterocycles. The van der Waals surface area contributed by atoms with Gasteiger partial charge in [0.05, 0.1) is 0 Å². The van der Waals surface area contributed by atoms with Gasteiger partial charge in [-0.2, -0.15) is 0 Å². The van der Waals surface area contributed by atoms with Crippen LogP contribution in [0.1, 0.15) is 24.5 Å². The maximum atomic E-state index is 13.2.